The number of carbonyl (C=O) groups excluding carboxylic acids is 2. The predicted octanol–water partition coefficient (Wildman–Crippen LogP) is 3.89. The van der Waals surface area contributed by atoms with E-state index < -0.39 is 150 Å². The molecule has 0 bridgehead atoms. The van der Waals surface area contributed by atoms with E-state index in [1.165, 1.54) is 31.2 Å². The first-order chi connectivity index (χ1) is 35.4. The molecule has 24 unspecified atom stereocenters. The van der Waals surface area contributed by atoms with Crippen molar-refractivity contribution in [3.63, 3.8) is 0 Å². The maximum Gasteiger partial charge on any atom is 0.338 e. The van der Waals surface area contributed by atoms with Crippen molar-refractivity contribution in [2.75, 3.05) is 21.3 Å². The lowest BCUT2D eigenvalue weighted by Crippen LogP contribution is -2.78. The van der Waals surface area contributed by atoms with Gasteiger partial charge < -0.3 is 87.5 Å². The largest absolute Gasteiger partial charge is 0.508 e. The topological polar surface area (TPSA) is 266 Å². The molecule has 0 amide bonds. The van der Waals surface area contributed by atoms with E-state index in [1.54, 1.807) is 35.2 Å². The minimum Gasteiger partial charge on any atom is -0.508 e. The normalized spacial score (nSPS) is 48.9. The lowest BCUT2D eigenvalue weighted by Gasteiger charge is -2.67. The highest BCUT2D eigenvalue weighted by Gasteiger charge is 2.81. The van der Waals surface area contributed by atoms with Gasteiger partial charge in [-0.25, -0.2) is 4.79 Å². The Morgan fingerprint density at radius 2 is 1.17 bits per heavy atom. The fourth-order valence-corrected chi connectivity index (χ4v) is 14.7. The summed E-state index contributed by atoms with van der Waals surface area (Å²) < 4.78 is 74.6. The Bertz CT molecular complexity index is 2200. The molecule has 75 heavy (non-hydrogen) atoms. The summed E-state index contributed by atoms with van der Waals surface area (Å²) in [5.74, 6) is -2.01. The van der Waals surface area contributed by atoms with Gasteiger partial charge in [0.1, 0.15) is 53.1 Å². The van der Waals surface area contributed by atoms with Gasteiger partial charge in [-0.2, -0.15) is 0 Å². The summed E-state index contributed by atoms with van der Waals surface area (Å²) >= 11 is 0. The van der Waals surface area contributed by atoms with Crippen LogP contribution in [0.1, 0.15) is 129 Å². The highest BCUT2D eigenvalue weighted by atomic mass is 16.8. The number of aliphatic hydroxyl groups excluding tert-OH is 2. The van der Waals surface area contributed by atoms with Gasteiger partial charge in [-0.1, -0.05) is 18.6 Å². The summed E-state index contributed by atoms with van der Waals surface area (Å²) in [6.07, 6.45) is -6.49. The Kier molecular flexibility index (Phi) is 16.5. The molecule has 1 aromatic carbocycles. The van der Waals surface area contributed by atoms with Crippen molar-refractivity contribution in [3.8, 4) is 5.75 Å². The zero-order valence-electron chi connectivity index (χ0n) is 45.0. The van der Waals surface area contributed by atoms with Crippen LogP contribution in [-0.2, 0) is 61.6 Å². The van der Waals surface area contributed by atoms with Crippen LogP contribution in [0.2, 0.25) is 0 Å². The molecule has 0 radical (unpaired) electrons. The fraction of sp³-hybridized carbons (Fsp3) is 0.818. The molecule has 4 saturated heterocycles. The van der Waals surface area contributed by atoms with Crippen LogP contribution in [-0.4, -0.2) is 191 Å². The number of methoxy groups -OCH3 is 3. The van der Waals surface area contributed by atoms with Crippen LogP contribution >= 0.6 is 0 Å². The number of carbonyl (C=O) groups is 2. The lowest BCUT2D eigenvalue weighted by atomic mass is 9.42. The summed E-state index contributed by atoms with van der Waals surface area (Å²) in [6.45, 7) is 12.2. The Balaban J connectivity index is 0.801. The number of aliphatic hydroxyl groups is 5. The van der Waals surface area contributed by atoms with E-state index in [2.05, 4.69) is 6.92 Å². The number of hydrogen-bond donors (Lipinski definition) is 6. The highest BCUT2D eigenvalue weighted by molar-refractivity contribution is 5.90. The van der Waals surface area contributed by atoms with E-state index in [9.17, 15) is 40.2 Å². The molecule has 9 rings (SSSR count). The number of rotatable bonds is 14. The van der Waals surface area contributed by atoms with Gasteiger partial charge in [0.2, 0.25) is 0 Å². The van der Waals surface area contributed by atoms with Crippen LogP contribution in [0.3, 0.4) is 0 Å². The molecule has 24 atom stereocenters. The molecule has 1 aromatic rings. The molecule has 20 heteroatoms. The number of ether oxygens (including phenoxy) is 12. The second kappa shape index (κ2) is 21.7. The molecule has 20 nitrogen and oxygen atoms in total. The summed E-state index contributed by atoms with van der Waals surface area (Å²) in [5.41, 5.74) is -7.19. The summed E-state index contributed by atoms with van der Waals surface area (Å²) in [4.78, 5) is 27.0. The number of fused-ring (bicyclic) bond motifs is 5. The predicted molar refractivity (Wildman–Crippen MR) is 263 cm³/mol. The highest BCUT2D eigenvalue weighted by Crippen LogP contribution is 2.71. The van der Waals surface area contributed by atoms with Gasteiger partial charge in [0, 0.05) is 52.9 Å². The smallest absolute Gasteiger partial charge is 0.338 e. The van der Waals surface area contributed by atoms with Crippen molar-refractivity contribution in [1.29, 1.82) is 0 Å². The van der Waals surface area contributed by atoms with E-state index >= 15 is 0 Å². The van der Waals surface area contributed by atoms with Crippen LogP contribution < -0.4 is 0 Å². The first-order valence-corrected chi connectivity index (χ1v) is 27.0. The van der Waals surface area contributed by atoms with E-state index in [0.717, 1.165) is 5.57 Å². The maximum atomic E-state index is 13.7. The SMILES string of the molecule is COC1CC(OC2C(C)OC(OC3C(C)OC(OC4C(O)CC(OC5CCC6(C)C(=CCC7(O)C6CC(OC(=O)c6ccc(O)cc6)C6(C)C(O)(C(C)=O)CCC76O)C5)OC4C)CC3OC)CC2OC)OC(C)C1O. The standard InChI is InChI=1S/C55H82O20/c1-27-46(59)37(64-8)23-43(67-27)74-48-30(4)70-45(25-39(48)66-10)75-49-29(3)69-44(24-38(49)65-9)73-47-28(2)68-42(22-36(47)58)71-35-16-17-51(6)33(21-35)15-18-54(62)40(51)26-41(72-50(60)32-11-13-34(57)14-12-32)52(7)53(61,31(5)56)19-20-55(52,54)63/h11-15,27-30,35-49,57-59,61-63H,16-26H2,1-10H3. The van der Waals surface area contributed by atoms with Crippen LogP contribution in [0.4, 0.5) is 0 Å². The third-order valence-electron chi connectivity index (χ3n) is 19.2. The first kappa shape index (κ1) is 57.0. The minimum atomic E-state index is -2.09. The quantitative estimate of drug-likeness (QED) is 0.114. The van der Waals surface area contributed by atoms with Crippen molar-refractivity contribution in [2.45, 2.75) is 247 Å². The van der Waals surface area contributed by atoms with Gasteiger partial charge in [-0.05, 0) is 116 Å². The fourth-order valence-electron chi connectivity index (χ4n) is 14.7. The number of phenolic OH excluding ortho intramolecular Hbond substituents is 1. The zero-order valence-corrected chi connectivity index (χ0v) is 45.0. The van der Waals surface area contributed by atoms with E-state index in [-0.39, 0.29) is 49.5 Å². The molecule has 8 aliphatic rings. The number of phenols is 1. The molecule has 6 N–H and O–H groups in total. The monoisotopic (exact) mass is 1060 g/mol. The number of esters is 1. The molecule has 4 heterocycles. The lowest BCUT2D eigenvalue weighted by molar-refractivity contribution is -0.346. The van der Waals surface area contributed by atoms with Crippen molar-refractivity contribution < 1.29 is 97.1 Å². The van der Waals surface area contributed by atoms with Crippen molar-refractivity contribution in [1.82, 2.24) is 0 Å². The molecule has 3 saturated carbocycles. The second-order valence-corrected chi connectivity index (χ2v) is 23.2. The van der Waals surface area contributed by atoms with E-state index in [1.807, 2.05) is 26.8 Å². The van der Waals surface area contributed by atoms with Gasteiger partial charge >= 0.3 is 5.97 Å². The second-order valence-electron chi connectivity index (χ2n) is 23.2. The van der Waals surface area contributed by atoms with Gasteiger partial charge in [-0.15, -0.1) is 0 Å². The molecule has 4 aliphatic heterocycles. The summed E-state index contributed by atoms with van der Waals surface area (Å²) in [7, 11) is 4.77. The molecule has 0 spiro atoms. The third kappa shape index (κ3) is 9.96. The van der Waals surface area contributed by atoms with Crippen LogP contribution in [0, 0.1) is 16.7 Å². The Labute approximate surface area is 439 Å². The third-order valence-corrected chi connectivity index (χ3v) is 19.2. The number of aromatic hydroxyl groups is 1. The number of benzene rings is 1. The van der Waals surface area contributed by atoms with Crippen LogP contribution in [0.5, 0.6) is 5.75 Å². The first-order valence-electron chi connectivity index (χ1n) is 27.0. The number of hydrogen-bond acceptors (Lipinski definition) is 20. The van der Waals surface area contributed by atoms with Crippen LogP contribution in [0.15, 0.2) is 35.9 Å². The van der Waals surface area contributed by atoms with E-state index in [4.69, 9.17) is 56.8 Å². The molecule has 422 valence electrons. The van der Waals surface area contributed by atoms with Gasteiger partial charge in [-0.3, -0.25) is 4.79 Å². The molecular weight excluding hydrogens is 981 g/mol. The van der Waals surface area contributed by atoms with Crippen LogP contribution in [0.25, 0.3) is 0 Å². The Morgan fingerprint density at radius 3 is 1.72 bits per heavy atom. The molecule has 7 fully saturated rings. The summed E-state index contributed by atoms with van der Waals surface area (Å²) in [6, 6.07) is 5.55. The average Bonchev–Trinajstić information content (AvgIpc) is 3.60. The van der Waals surface area contributed by atoms with Gasteiger partial charge in [0.25, 0.3) is 0 Å². The molecular formula is C55H82O20. The Morgan fingerprint density at radius 1 is 0.653 bits per heavy atom. The van der Waals surface area contributed by atoms with E-state index in [0.29, 0.717) is 38.5 Å². The minimum absolute atomic E-state index is 0.0376. The Hall–Kier alpha value is -2.74. The maximum absolute atomic E-state index is 13.7. The van der Waals surface area contributed by atoms with Crippen molar-refractivity contribution in [3.05, 3.63) is 41.5 Å². The van der Waals surface area contributed by atoms with Crippen molar-refractivity contribution in [2.24, 2.45) is 16.7 Å². The summed E-state index contributed by atoms with van der Waals surface area (Å²) in [5, 5.41) is 69.9. The average molecular weight is 1060 g/mol. The van der Waals surface area contributed by atoms with Gasteiger partial charge in [0.05, 0.1) is 65.9 Å². The molecule has 4 aliphatic carbocycles. The zero-order chi connectivity index (χ0) is 54.2. The number of Topliss-reactive ketones (excluding diaryl/α,β-unsaturated/α-hetero) is 1. The molecule has 0 aromatic heterocycles. The van der Waals surface area contributed by atoms with Crippen molar-refractivity contribution >= 4 is 11.8 Å². The number of ketones is 1. The van der Waals surface area contributed by atoms with Gasteiger partial charge in [0.15, 0.2) is 30.9 Å².